The van der Waals surface area contributed by atoms with E-state index in [9.17, 15) is 4.39 Å². The number of hydrogen-bond acceptors (Lipinski definition) is 3. The lowest BCUT2D eigenvalue weighted by atomic mass is 10.0. The fourth-order valence-corrected chi connectivity index (χ4v) is 2.83. The van der Waals surface area contributed by atoms with E-state index in [1.807, 2.05) is 24.3 Å². The van der Waals surface area contributed by atoms with Gasteiger partial charge in [0.25, 0.3) is 0 Å². The third-order valence-corrected chi connectivity index (χ3v) is 4.36. The van der Waals surface area contributed by atoms with Gasteiger partial charge in [0.2, 0.25) is 5.95 Å². The Morgan fingerprint density at radius 3 is 2.12 bits per heavy atom. The standard InChI is InChI=1S/C22H20FN3/c1-2-3-4-5-16-6-8-17(9-7-16)18-10-12-19(13-11-18)22-25-15-20(14-24)21(23)26-22/h6-13,15H,2-5H2,1H3. The van der Waals surface area contributed by atoms with Crippen LogP contribution >= 0.6 is 0 Å². The number of aryl methyl sites for hydroxylation is 1. The minimum Gasteiger partial charge on any atom is -0.235 e. The van der Waals surface area contributed by atoms with Crippen molar-refractivity contribution in [3.8, 4) is 28.6 Å². The van der Waals surface area contributed by atoms with E-state index in [2.05, 4.69) is 41.2 Å². The maximum atomic E-state index is 13.7. The Kier molecular flexibility index (Phi) is 5.70. The van der Waals surface area contributed by atoms with Crippen LogP contribution in [0.4, 0.5) is 4.39 Å². The monoisotopic (exact) mass is 345 g/mol. The second kappa shape index (κ2) is 8.35. The molecule has 2 aromatic carbocycles. The van der Waals surface area contributed by atoms with Gasteiger partial charge in [0, 0.05) is 5.56 Å². The van der Waals surface area contributed by atoms with Gasteiger partial charge < -0.3 is 0 Å². The maximum absolute atomic E-state index is 13.7. The highest BCUT2D eigenvalue weighted by Crippen LogP contribution is 2.24. The van der Waals surface area contributed by atoms with Crippen molar-refractivity contribution in [1.29, 1.82) is 5.26 Å². The first kappa shape index (κ1) is 17.8. The largest absolute Gasteiger partial charge is 0.235 e. The molecule has 0 fully saturated rings. The Hall–Kier alpha value is -3.06. The number of nitriles is 1. The van der Waals surface area contributed by atoms with E-state index < -0.39 is 5.95 Å². The molecule has 0 aliphatic rings. The summed E-state index contributed by atoms with van der Waals surface area (Å²) in [5.74, 6) is -0.514. The molecule has 26 heavy (non-hydrogen) atoms. The highest BCUT2D eigenvalue weighted by Gasteiger charge is 2.08. The Morgan fingerprint density at radius 1 is 0.923 bits per heavy atom. The zero-order chi connectivity index (χ0) is 18.4. The number of rotatable bonds is 6. The van der Waals surface area contributed by atoms with Crippen molar-refractivity contribution in [2.75, 3.05) is 0 Å². The van der Waals surface area contributed by atoms with E-state index in [1.165, 1.54) is 31.0 Å². The van der Waals surface area contributed by atoms with Gasteiger partial charge in [0.1, 0.15) is 11.6 Å². The lowest BCUT2D eigenvalue weighted by Crippen LogP contribution is -1.95. The Balaban J connectivity index is 1.75. The smallest absolute Gasteiger partial charge is 0.234 e. The quantitative estimate of drug-likeness (QED) is 0.434. The van der Waals surface area contributed by atoms with Crippen LogP contribution in [-0.2, 0) is 6.42 Å². The molecular weight excluding hydrogens is 325 g/mol. The summed E-state index contributed by atoms with van der Waals surface area (Å²) in [5, 5.41) is 8.75. The van der Waals surface area contributed by atoms with Crippen molar-refractivity contribution in [2.24, 2.45) is 0 Å². The summed E-state index contributed by atoms with van der Waals surface area (Å²) in [7, 11) is 0. The van der Waals surface area contributed by atoms with Crippen LogP contribution in [0.2, 0.25) is 0 Å². The van der Waals surface area contributed by atoms with Gasteiger partial charge in [-0.15, -0.1) is 0 Å². The number of unbranched alkanes of at least 4 members (excludes halogenated alkanes) is 2. The fraction of sp³-hybridized carbons (Fsp3) is 0.227. The molecule has 0 bridgehead atoms. The average molecular weight is 345 g/mol. The molecule has 4 heteroatoms. The third kappa shape index (κ3) is 4.12. The van der Waals surface area contributed by atoms with Crippen molar-refractivity contribution in [1.82, 2.24) is 9.97 Å². The minimum atomic E-state index is -0.791. The molecule has 0 atom stereocenters. The summed E-state index contributed by atoms with van der Waals surface area (Å²) in [5.41, 5.74) is 4.16. The van der Waals surface area contributed by atoms with Gasteiger partial charge in [-0.3, -0.25) is 0 Å². The minimum absolute atomic E-state index is 0.149. The van der Waals surface area contributed by atoms with Gasteiger partial charge in [-0.2, -0.15) is 14.6 Å². The van der Waals surface area contributed by atoms with E-state index in [4.69, 9.17) is 5.26 Å². The second-order valence-corrected chi connectivity index (χ2v) is 6.24. The van der Waals surface area contributed by atoms with Crippen LogP contribution in [0.5, 0.6) is 0 Å². The Morgan fingerprint density at radius 2 is 1.54 bits per heavy atom. The molecule has 0 aliphatic heterocycles. The Labute approximate surface area is 153 Å². The molecule has 0 radical (unpaired) electrons. The summed E-state index contributed by atoms with van der Waals surface area (Å²) >= 11 is 0. The number of halogens is 1. The van der Waals surface area contributed by atoms with Crippen LogP contribution in [0.15, 0.2) is 54.7 Å². The van der Waals surface area contributed by atoms with E-state index in [-0.39, 0.29) is 11.4 Å². The number of nitrogens with zero attached hydrogens (tertiary/aromatic N) is 3. The van der Waals surface area contributed by atoms with Gasteiger partial charge in [-0.05, 0) is 29.5 Å². The molecular formula is C22H20FN3. The highest BCUT2D eigenvalue weighted by molar-refractivity contribution is 5.67. The molecule has 0 saturated heterocycles. The van der Waals surface area contributed by atoms with E-state index in [0.29, 0.717) is 5.56 Å². The highest BCUT2D eigenvalue weighted by atomic mass is 19.1. The van der Waals surface area contributed by atoms with Crippen molar-refractivity contribution in [3.05, 3.63) is 71.8 Å². The molecule has 130 valence electrons. The summed E-state index contributed by atoms with van der Waals surface area (Å²) in [4.78, 5) is 7.82. The molecule has 0 N–H and O–H groups in total. The van der Waals surface area contributed by atoms with Gasteiger partial charge >= 0.3 is 0 Å². The first-order valence-corrected chi connectivity index (χ1v) is 8.83. The number of benzene rings is 2. The Bertz CT molecular complexity index is 910. The van der Waals surface area contributed by atoms with Crippen LogP contribution in [0.1, 0.15) is 37.3 Å². The zero-order valence-corrected chi connectivity index (χ0v) is 14.7. The lowest BCUT2D eigenvalue weighted by Gasteiger charge is -2.06. The van der Waals surface area contributed by atoms with Gasteiger partial charge in [0.05, 0.1) is 6.20 Å². The summed E-state index contributed by atoms with van der Waals surface area (Å²) in [6, 6.07) is 18.0. The molecule has 0 unspecified atom stereocenters. The molecule has 1 heterocycles. The van der Waals surface area contributed by atoms with Crippen molar-refractivity contribution < 1.29 is 4.39 Å². The molecule has 0 spiro atoms. The lowest BCUT2D eigenvalue weighted by molar-refractivity contribution is 0.577. The molecule has 0 aliphatic carbocycles. The molecule has 1 aromatic heterocycles. The maximum Gasteiger partial charge on any atom is 0.234 e. The van der Waals surface area contributed by atoms with Gasteiger partial charge in [-0.1, -0.05) is 68.3 Å². The van der Waals surface area contributed by atoms with Crippen molar-refractivity contribution >= 4 is 0 Å². The van der Waals surface area contributed by atoms with Crippen molar-refractivity contribution in [3.63, 3.8) is 0 Å². The van der Waals surface area contributed by atoms with Crippen LogP contribution in [0, 0.1) is 17.3 Å². The summed E-state index contributed by atoms with van der Waals surface area (Å²) in [6.45, 7) is 2.21. The van der Waals surface area contributed by atoms with Crippen LogP contribution in [0.25, 0.3) is 22.5 Å². The second-order valence-electron chi connectivity index (χ2n) is 6.24. The van der Waals surface area contributed by atoms with E-state index >= 15 is 0 Å². The first-order valence-electron chi connectivity index (χ1n) is 8.83. The van der Waals surface area contributed by atoms with Crippen LogP contribution < -0.4 is 0 Å². The first-order chi connectivity index (χ1) is 12.7. The van der Waals surface area contributed by atoms with Gasteiger partial charge in [0.15, 0.2) is 5.82 Å². The van der Waals surface area contributed by atoms with E-state index in [0.717, 1.165) is 17.5 Å². The average Bonchev–Trinajstić information content (AvgIpc) is 2.69. The molecule has 0 saturated carbocycles. The molecule has 3 nitrogen and oxygen atoms in total. The van der Waals surface area contributed by atoms with Gasteiger partial charge in [-0.25, -0.2) is 4.98 Å². The number of aromatic nitrogens is 2. The molecule has 3 rings (SSSR count). The predicted octanol–water partition coefficient (Wildman–Crippen LogP) is 5.55. The number of hydrogen-bond donors (Lipinski definition) is 0. The zero-order valence-electron chi connectivity index (χ0n) is 14.7. The summed E-state index contributed by atoms with van der Waals surface area (Å²) < 4.78 is 13.7. The SMILES string of the molecule is CCCCCc1ccc(-c2ccc(-c3ncc(C#N)c(F)n3)cc2)cc1. The normalized spacial score (nSPS) is 10.5. The topological polar surface area (TPSA) is 49.6 Å². The predicted molar refractivity (Wildman–Crippen MR) is 101 cm³/mol. The van der Waals surface area contributed by atoms with Crippen molar-refractivity contribution in [2.45, 2.75) is 32.6 Å². The summed E-state index contributed by atoms with van der Waals surface area (Å²) in [6.07, 6.45) is 6.06. The molecule has 0 amide bonds. The third-order valence-electron chi connectivity index (χ3n) is 4.36. The van der Waals surface area contributed by atoms with Crippen LogP contribution in [-0.4, -0.2) is 9.97 Å². The fourth-order valence-electron chi connectivity index (χ4n) is 2.83. The molecule has 3 aromatic rings. The van der Waals surface area contributed by atoms with Crippen LogP contribution in [0.3, 0.4) is 0 Å². The van der Waals surface area contributed by atoms with E-state index in [1.54, 1.807) is 6.07 Å².